The molecule has 0 unspecified atom stereocenters. The van der Waals surface area contributed by atoms with Crippen LogP contribution in [-0.4, -0.2) is 16.5 Å². The number of imidazole rings is 1. The lowest BCUT2D eigenvalue weighted by Crippen LogP contribution is -1.88. The van der Waals surface area contributed by atoms with Gasteiger partial charge in [0.05, 0.1) is 7.11 Å². The predicted octanol–water partition coefficient (Wildman–Crippen LogP) is 3.86. The molecule has 0 fully saturated rings. The van der Waals surface area contributed by atoms with Crippen molar-refractivity contribution in [2.75, 3.05) is 7.11 Å². The number of hydrogen-bond acceptors (Lipinski definition) is 4. The number of nitroso groups, excluding NO2 is 1. The van der Waals surface area contributed by atoms with E-state index in [4.69, 9.17) is 4.74 Å². The van der Waals surface area contributed by atoms with Crippen molar-refractivity contribution in [1.29, 1.82) is 0 Å². The molecule has 0 saturated heterocycles. The fourth-order valence-corrected chi connectivity index (χ4v) is 2.31. The standard InChI is InChI=1S/C15H12FN3O2/c1-9-7-10(3-5-12(9)21-2)14-15(18-20)19-8-11(16)4-6-13(19)17-14/h3-8H,1-2H3. The van der Waals surface area contributed by atoms with Gasteiger partial charge in [-0.15, -0.1) is 4.91 Å². The fraction of sp³-hybridized carbons (Fsp3) is 0.133. The summed E-state index contributed by atoms with van der Waals surface area (Å²) < 4.78 is 19.9. The van der Waals surface area contributed by atoms with Crippen LogP contribution < -0.4 is 4.74 Å². The maximum atomic E-state index is 13.3. The number of aryl methyl sites for hydroxylation is 1. The molecule has 0 aliphatic heterocycles. The molecule has 0 aliphatic carbocycles. The summed E-state index contributed by atoms with van der Waals surface area (Å²) in [6.07, 6.45) is 1.19. The molecular weight excluding hydrogens is 273 g/mol. The number of benzene rings is 1. The Hall–Kier alpha value is -2.76. The van der Waals surface area contributed by atoms with Gasteiger partial charge in [-0.2, -0.15) is 0 Å². The minimum Gasteiger partial charge on any atom is -0.496 e. The van der Waals surface area contributed by atoms with Gasteiger partial charge in [0.25, 0.3) is 0 Å². The summed E-state index contributed by atoms with van der Waals surface area (Å²) in [6.45, 7) is 1.89. The van der Waals surface area contributed by atoms with Crippen molar-refractivity contribution >= 4 is 11.5 Å². The minimum atomic E-state index is -0.456. The number of rotatable bonds is 3. The van der Waals surface area contributed by atoms with Crippen LogP contribution in [0.15, 0.2) is 41.7 Å². The molecule has 0 radical (unpaired) electrons. The molecule has 0 bridgehead atoms. The smallest absolute Gasteiger partial charge is 0.209 e. The molecule has 1 aromatic carbocycles. The Morgan fingerprint density at radius 3 is 2.76 bits per heavy atom. The highest BCUT2D eigenvalue weighted by Crippen LogP contribution is 2.33. The molecule has 0 aliphatic rings. The summed E-state index contributed by atoms with van der Waals surface area (Å²) in [7, 11) is 1.59. The molecule has 0 saturated carbocycles. The van der Waals surface area contributed by atoms with E-state index >= 15 is 0 Å². The van der Waals surface area contributed by atoms with E-state index < -0.39 is 5.82 Å². The molecule has 106 valence electrons. The summed E-state index contributed by atoms with van der Waals surface area (Å²) in [6, 6.07) is 8.23. The monoisotopic (exact) mass is 285 g/mol. The van der Waals surface area contributed by atoms with E-state index in [0.717, 1.165) is 16.9 Å². The molecule has 3 aromatic rings. The Kier molecular flexibility index (Phi) is 3.13. The van der Waals surface area contributed by atoms with Gasteiger partial charge in [-0.25, -0.2) is 9.37 Å². The Morgan fingerprint density at radius 2 is 2.10 bits per heavy atom. The van der Waals surface area contributed by atoms with Gasteiger partial charge >= 0.3 is 0 Å². The van der Waals surface area contributed by atoms with Crippen LogP contribution in [0.25, 0.3) is 16.9 Å². The third-order valence-corrected chi connectivity index (χ3v) is 3.31. The van der Waals surface area contributed by atoms with Crippen LogP contribution in [0, 0.1) is 17.6 Å². The Bertz CT molecular complexity index is 842. The highest BCUT2D eigenvalue weighted by molar-refractivity contribution is 5.75. The molecule has 2 aromatic heterocycles. The van der Waals surface area contributed by atoms with Crippen molar-refractivity contribution in [1.82, 2.24) is 9.38 Å². The number of methoxy groups -OCH3 is 1. The van der Waals surface area contributed by atoms with Crippen molar-refractivity contribution in [3.63, 3.8) is 0 Å². The van der Waals surface area contributed by atoms with Crippen molar-refractivity contribution < 1.29 is 9.13 Å². The summed E-state index contributed by atoms with van der Waals surface area (Å²) in [4.78, 5) is 15.5. The highest BCUT2D eigenvalue weighted by Gasteiger charge is 2.16. The summed E-state index contributed by atoms with van der Waals surface area (Å²) in [5.41, 5.74) is 2.53. The molecular formula is C15H12FN3O2. The first kappa shape index (κ1) is 13.2. The molecule has 3 rings (SSSR count). The third-order valence-electron chi connectivity index (χ3n) is 3.31. The molecule has 2 heterocycles. The summed E-state index contributed by atoms with van der Waals surface area (Å²) in [5, 5.41) is 3.00. The SMILES string of the molecule is COc1ccc(-c2nc3ccc(F)cn3c2N=O)cc1C. The van der Waals surface area contributed by atoms with Gasteiger partial charge in [0, 0.05) is 11.8 Å². The molecule has 21 heavy (non-hydrogen) atoms. The van der Waals surface area contributed by atoms with Crippen LogP contribution in [0.2, 0.25) is 0 Å². The van der Waals surface area contributed by atoms with Crippen molar-refractivity contribution in [3.05, 3.63) is 52.8 Å². The second kappa shape index (κ2) is 4.97. The van der Waals surface area contributed by atoms with Gasteiger partial charge in [0.2, 0.25) is 5.82 Å². The van der Waals surface area contributed by atoms with Crippen LogP contribution in [0.3, 0.4) is 0 Å². The lowest BCUT2D eigenvalue weighted by Gasteiger charge is -2.05. The van der Waals surface area contributed by atoms with Gasteiger partial charge in [-0.3, -0.25) is 4.40 Å². The molecule has 6 heteroatoms. The van der Waals surface area contributed by atoms with E-state index in [-0.39, 0.29) is 5.82 Å². The van der Waals surface area contributed by atoms with Gasteiger partial charge in [0.1, 0.15) is 22.9 Å². The van der Waals surface area contributed by atoms with E-state index in [1.165, 1.54) is 22.7 Å². The predicted molar refractivity (Wildman–Crippen MR) is 77.3 cm³/mol. The Morgan fingerprint density at radius 1 is 1.29 bits per heavy atom. The highest BCUT2D eigenvalue weighted by atomic mass is 19.1. The minimum absolute atomic E-state index is 0.0778. The van der Waals surface area contributed by atoms with E-state index in [2.05, 4.69) is 10.2 Å². The lowest BCUT2D eigenvalue weighted by atomic mass is 10.1. The van der Waals surface area contributed by atoms with Crippen LogP contribution in [0.5, 0.6) is 5.75 Å². The van der Waals surface area contributed by atoms with Gasteiger partial charge in [-0.05, 0) is 48.0 Å². The average Bonchev–Trinajstić information content (AvgIpc) is 2.84. The zero-order valence-electron chi connectivity index (χ0n) is 11.5. The number of aromatic nitrogens is 2. The van der Waals surface area contributed by atoms with E-state index in [9.17, 15) is 9.30 Å². The molecule has 0 amide bonds. The topological polar surface area (TPSA) is 56.0 Å². The van der Waals surface area contributed by atoms with E-state index in [1.807, 2.05) is 13.0 Å². The number of pyridine rings is 1. The summed E-state index contributed by atoms with van der Waals surface area (Å²) in [5.74, 6) is 0.366. The first-order chi connectivity index (χ1) is 10.1. The van der Waals surface area contributed by atoms with Crippen LogP contribution in [-0.2, 0) is 0 Å². The molecule has 5 nitrogen and oxygen atoms in total. The van der Waals surface area contributed by atoms with Gasteiger partial charge in [0.15, 0.2) is 0 Å². The zero-order valence-corrected chi connectivity index (χ0v) is 11.5. The number of halogens is 1. The number of nitrogens with zero attached hydrogens (tertiary/aromatic N) is 3. The van der Waals surface area contributed by atoms with Crippen molar-refractivity contribution in [3.8, 4) is 17.0 Å². The van der Waals surface area contributed by atoms with Crippen molar-refractivity contribution in [2.24, 2.45) is 5.18 Å². The van der Waals surface area contributed by atoms with E-state index in [1.54, 1.807) is 19.2 Å². The Labute approximate surface area is 120 Å². The normalized spacial score (nSPS) is 10.8. The third kappa shape index (κ3) is 2.14. The van der Waals surface area contributed by atoms with Crippen LogP contribution in [0.4, 0.5) is 10.2 Å². The lowest BCUT2D eigenvalue weighted by molar-refractivity contribution is 0.412. The number of fused-ring (bicyclic) bond motifs is 1. The first-order valence-corrected chi connectivity index (χ1v) is 6.30. The van der Waals surface area contributed by atoms with Crippen molar-refractivity contribution in [2.45, 2.75) is 6.92 Å². The van der Waals surface area contributed by atoms with Gasteiger partial charge < -0.3 is 4.74 Å². The first-order valence-electron chi connectivity index (χ1n) is 6.30. The number of ether oxygens (including phenoxy) is 1. The summed E-state index contributed by atoms with van der Waals surface area (Å²) >= 11 is 0. The Balaban J connectivity index is 2.24. The molecule has 0 atom stereocenters. The molecule has 0 N–H and O–H groups in total. The largest absolute Gasteiger partial charge is 0.496 e. The second-order valence-electron chi connectivity index (χ2n) is 4.64. The quantitative estimate of drug-likeness (QED) is 0.687. The van der Waals surface area contributed by atoms with Crippen LogP contribution >= 0.6 is 0 Å². The van der Waals surface area contributed by atoms with Crippen LogP contribution in [0.1, 0.15) is 5.56 Å². The maximum Gasteiger partial charge on any atom is 0.209 e. The van der Waals surface area contributed by atoms with Gasteiger partial charge in [-0.1, -0.05) is 0 Å². The average molecular weight is 285 g/mol. The maximum absolute atomic E-state index is 13.3. The fourth-order valence-electron chi connectivity index (χ4n) is 2.31. The second-order valence-corrected chi connectivity index (χ2v) is 4.64. The molecule has 0 spiro atoms. The zero-order chi connectivity index (χ0) is 15.0. The van der Waals surface area contributed by atoms with E-state index in [0.29, 0.717) is 11.3 Å². The number of hydrogen-bond donors (Lipinski definition) is 0.